The van der Waals surface area contributed by atoms with Crippen LogP contribution in [0.1, 0.15) is 27.7 Å². The summed E-state index contributed by atoms with van der Waals surface area (Å²) in [5, 5.41) is 1.42. The van der Waals surface area contributed by atoms with Crippen LogP contribution in [0.25, 0.3) is 10.8 Å². The Kier molecular flexibility index (Phi) is 5.08. The summed E-state index contributed by atoms with van der Waals surface area (Å²) in [5.41, 5.74) is 0.952. The van der Waals surface area contributed by atoms with Crippen LogP contribution in [0.3, 0.4) is 0 Å². The van der Waals surface area contributed by atoms with Gasteiger partial charge in [0.25, 0.3) is 5.91 Å². The number of halogens is 1. The molecule has 1 aliphatic rings. The molecule has 3 aromatic rings. The predicted octanol–water partition coefficient (Wildman–Crippen LogP) is 3.89. The number of nitrogens with zero attached hydrogens (tertiary/aromatic N) is 2. The molecular formula is C21H19ClN2O3S. The zero-order chi connectivity index (χ0) is 19.7. The number of pyridine rings is 1. The molecule has 1 aliphatic heterocycles. The molecule has 144 valence electrons. The van der Waals surface area contributed by atoms with Crippen LogP contribution in [0.5, 0.6) is 0 Å². The summed E-state index contributed by atoms with van der Waals surface area (Å²) in [6, 6.07) is 16.4. The van der Waals surface area contributed by atoms with E-state index in [-0.39, 0.29) is 18.2 Å². The van der Waals surface area contributed by atoms with E-state index in [0.29, 0.717) is 29.2 Å². The minimum Gasteiger partial charge on any atom is -0.336 e. The van der Waals surface area contributed by atoms with Gasteiger partial charge in [0.1, 0.15) is 5.69 Å². The Morgan fingerprint density at radius 1 is 1.04 bits per heavy atom. The number of benzene rings is 2. The first-order chi connectivity index (χ1) is 13.5. The van der Waals surface area contributed by atoms with Crippen molar-refractivity contribution in [3.63, 3.8) is 0 Å². The molecule has 0 bridgehead atoms. The summed E-state index contributed by atoms with van der Waals surface area (Å²) >= 11 is 6.24. The summed E-state index contributed by atoms with van der Waals surface area (Å²) < 4.78 is 25.7. The zero-order valence-electron chi connectivity index (χ0n) is 15.1. The maximum Gasteiger partial charge on any atom is 0.273 e. The minimum absolute atomic E-state index is 0.0978. The standard InChI is InChI=1S/C21H19ClN2O3S/c22-18-8-4-3-7-17(18)19-10-12-24(13-14-28(19,26)27)21(25)20-16-6-2-1-5-15(16)9-11-23-20/h1-9,11,19H,10,12-14H2. The van der Waals surface area contributed by atoms with Crippen LogP contribution in [0.4, 0.5) is 0 Å². The zero-order valence-corrected chi connectivity index (χ0v) is 16.7. The van der Waals surface area contributed by atoms with Crippen LogP contribution >= 0.6 is 11.6 Å². The third-order valence-corrected chi connectivity index (χ3v) is 7.61. The number of sulfone groups is 1. The van der Waals surface area contributed by atoms with Crippen LogP contribution in [0.15, 0.2) is 60.8 Å². The molecule has 0 aliphatic carbocycles. The second kappa shape index (κ2) is 7.53. The highest BCUT2D eigenvalue weighted by atomic mass is 35.5. The van der Waals surface area contributed by atoms with E-state index in [1.165, 1.54) is 0 Å². The van der Waals surface area contributed by atoms with Crippen molar-refractivity contribution in [2.75, 3.05) is 18.8 Å². The summed E-state index contributed by atoms with van der Waals surface area (Å²) in [6.07, 6.45) is 1.92. The fourth-order valence-electron chi connectivity index (χ4n) is 3.67. The van der Waals surface area contributed by atoms with Gasteiger partial charge in [-0.2, -0.15) is 0 Å². The molecule has 1 atom stereocenters. The van der Waals surface area contributed by atoms with E-state index in [1.54, 1.807) is 35.4 Å². The topological polar surface area (TPSA) is 67.3 Å². The maximum absolute atomic E-state index is 13.1. The molecule has 4 rings (SSSR count). The van der Waals surface area contributed by atoms with E-state index in [1.807, 2.05) is 30.3 Å². The number of fused-ring (bicyclic) bond motifs is 1. The fraction of sp³-hybridized carbons (Fsp3) is 0.238. The van der Waals surface area contributed by atoms with Crippen molar-refractivity contribution in [2.45, 2.75) is 11.7 Å². The van der Waals surface area contributed by atoms with Crippen molar-refractivity contribution in [2.24, 2.45) is 0 Å². The van der Waals surface area contributed by atoms with E-state index >= 15 is 0 Å². The first-order valence-electron chi connectivity index (χ1n) is 9.06. The largest absolute Gasteiger partial charge is 0.336 e. The molecule has 2 aromatic carbocycles. The Bertz CT molecular complexity index is 1140. The lowest BCUT2D eigenvalue weighted by Gasteiger charge is -2.20. The maximum atomic E-state index is 13.1. The van der Waals surface area contributed by atoms with Gasteiger partial charge in [-0.05, 0) is 29.5 Å². The Labute approximate surface area is 168 Å². The first kappa shape index (κ1) is 18.9. The Hall–Kier alpha value is -2.44. The molecule has 1 amide bonds. The van der Waals surface area contributed by atoms with Gasteiger partial charge < -0.3 is 4.90 Å². The lowest BCUT2D eigenvalue weighted by molar-refractivity contribution is 0.0763. The highest BCUT2D eigenvalue weighted by Crippen LogP contribution is 2.34. The average molecular weight is 415 g/mol. The van der Waals surface area contributed by atoms with Crippen LogP contribution in [-0.2, 0) is 9.84 Å². The van der Waals surface area contributed by atoms with Crippen LogP contribution in [-0.4, -0.2) is 43.1 Å². The molecule has 1 unspecified atom stereocenters. The van der Waals surface area contributed by atoms with Crippen LogP contribution in [0.2, 0.25) is 5.02 Å². The summed E-state index contributed by atoms with van der Waals surface area (Å²) in [6.45, 7) is 0.478. The normalized spacial score (nSPS) is 19.3. The van der Waals surface area contributed by atoms with E-state index in [2.05, 4.69) is 4.98 Å². The van der Waals surface area contributed by atoms with Gasteiger partial charge in [-0.1, -0.05) is 54.1 Å². The first-order valence-corrected chi connectivity index (χ1v) is 11.2. The van der Waals surface area contributed by atoms with Gasteiger partial charge in [-0.25, -0.2) is 8.42 Å². The molecule has 1 fully saturated rings. The predicted molar refractivity (Wildman–Crippen MR) is 110 cm³/mol. The average Bonchev–Trinajstić information content (AvgIpc) is 2.85. The van der Waals surface area contributed by atoms with E-state index < -0.39 is 15.1 Å². The van der Waals surface area contributed by atoms with Gasteiger partial charge in [-0.15, -0.1) is 0 Å². The van der Waals surface area contributed by atoms with Crippen molar-refractivity contribution >= 4 is 38.1 Å². The third kappa shape index (κ3) is 3.50. The van der Waals surface area contributed by atoms with E-state index in [4.69, 9.17) is 11.6 Å². The van der Waals surface area contributed by atoms with Crippen molar-refractivity contribution < 1.29 is 13.2 Å². The van der Waals surface area contributed by atoms with Gasteiger partial charge in [-0.3, -0.25) is 9.78 Å². The Balaban J connectivity index is 1.65. The molecule has 7 heteroatoms. The number of aromatic nitrogens is 1. The molecule has 28 heavy (non-hydrogen) atoms. The van der Waals surface area contributed by atoms with Crippen molar-refractivity contribution in [1.82, 2.24) is 9.88 Å². The number of carbonyl (C=O) groups excluding carboxylic acids is 1. The highest BCUT2D eigenvalue weighted by molar-refractivity contribution is 7.91. The number of carbonyl (C=O) groups is 1. The van der Waals surface area contributed by atoms with Crippen molar-refractivity contribution in [3.05, 3.63) is 77.1 Å². The Morgan fingerprint density at radius 3 is 2.61 bits per heavy atom. The van der Waals surface area contributed by atoms with Crippen molar-refractivity contribution in [3.8, 4) is 0 Å². The number of hydrogen-bond donors (Lipinski definition) is 0. The molecular weight excluding hydrogens is 396 g/mol. The van der Waals surface area contributed by atoms with Gasteiger partial charge in [0.2, 0.25) is 0 Å². The van der Waals surface area contributed by atoms with Crippen LogP contribution < -0.4 is 0 Å². The molecule has 0 N–H and O–H groups in total. The molecule has 1 saturated heterocycles. The highest BCUT2D eigenvalue weighted by Gasteiger charge is 2.34. The van der Waals surface area contributed by atoms with Gasteiger partial charge in [0.05, 0.1) is 11.0 Å². The molecule has 1 aromatic heterocycles. The SMILES string of the molecule is O=C(c1nccc2ccccc12)N1CCC(c2ccccc2Cl)S(=O)(=O)CC1. The monoisotopic (exact) mass is 414 g/mol. The summed E-state index contributed by atoms with van der Waals surface area (Å²) in [5.74, 6) is -0.342. The lowest BCUT2D eigenvalue weighted by Crippen LogP contribution is -2.34. The summed E-state index contributed by atoms with van der Waals surface area (Å²) in [4.78, 5) is 19.0. The van der Waals surface area contributed by atoms with Gasteiger partial charge >= 0.3 is 0 Å². The number of hydrogen-bond acceptors (Lipinski definition) is 4. The molecule has 5 nitrogen and oxygen atoms in total. The quantitative estimate of drug-likeness (QED) is 0.638. The molecule has 0 radical (unpaired) electrons. The van der Waals surface area contributed by atoms with E-state index in [9.17, 15) is 13.2 Å². The Morgan fingerprint density at radius 2 is 1.79 bits per heavy atom. The second-order valence-electron chi connectivity index (χ2n) is 6.84. The fourth-order valence-corrected chi connectivity index (χ4v) is 5.82. The van der Waals surface area contributed by atoms with E-state index in [0.717, 1.165) is 10.8 Å². The molecule has 2 heterocycles. The molecule has 0 spiro atoms. The van der Waals surface area contributed by atoms with Crippen LogP contribution in [0, 0.1) is 0 Å². The lowest BCUT2D eigenvalue weighted by atomic mass is 10.1. The second-order valence-corrected chi connectivity index (χ2v) is 9.55. The number of amides is 1. The van der Waals surface area contributed by atoms with Gasteiger partial charge in [0.15, 0.2) is 9.84 Å². The molecule has 0 saturated carbocycles. The number of rotatable bonds is 2. The minimum atomic E-state index is -3.43. The van der Waals surface area contributed by atoms with Crippen molar-refractivity contribution in [1.29, 1.82) is 0 Å². The summed E-state index contributed by atoms with van der Waals surface area (Å²) in [7, 11) is -3.43. The smallest absolute Gasteiger partial charge is 0.273 e. The third-order valence-electron chi connectivity index (χ3n) is 5.16. The van der Waals surface area contributed by atoms with Gasteiger partial charge in [0, 0.05) is 29.7 Å².